The lowest BCUT2D eigenvalue weighted by atomic mass is 10.1. The Bertz CT molecular complexity index is 222. The molecule has 3 nitrogen and oxygen atoms in total. The average Bonchev–Trinajstić information content (AvgIpc) is 2.46. The summed E-state index contributed by atoms with van der Waals surface area (Å²) in [5.41, 5.74) is 5.74. The van der Waals surface area contributed by atoms with Gasteiger partial charge < -0.3 is 10.5 Å². The number of nitrogens with zero attached hydrogens (tertiary/aromatic N) is 1. The summed E-state index contributed by atoms with van der Waals surface area (Å²) < 4.78 is 5.78. The minimum absolute atomic E-state index is 0.275. The van der Waals surface area contributed by atoms with Crippen LogP contribution in [0.15, 0.2) is 0 Å². The molecule has 2 saturated heterocycles. The Morgan fingerprint density at radius 3 is 2.50 bits per heavy atom. The maximum atomic E-state index is 5.78. The van der Waals surface area contributed by atoms with Crippen LogP contribution in [0.5, 0.6) is 0 Å². The highest BCUT2D eigenvalue weighted by Gasteiger charge is 2.36. The van der Waals surface area contributed by atoms with E-state index in [0.29, 0.717) is 17.2 Å². The third-order valence-electron chi connectivity index (χ3n) is 3.23. The molecule has 0 spiro atoms. The number of morpholine rings is 1. The molecule has 0 aliphatic carbocycles. The Kier molecular flexibility index (Phi) is 3.04. The van der Waals surface area contributed by atoms with Crippen molar-refractivity contribution in [3.05, 3.63) is 0 Å². The lowest BCUT2D eigenvalue weighted by Crippen LogP contribution is -2.51. The van der Waals surface area contributed by atoms with E-state index < -0.39 is 0 Å². The van der Waals surface area contributed by atoms with Crippen molar-refractivity contribution in [1.29, 1.82) is 0 Å². The molecule has 0 amide bonds. The Labute approximate surface area is 90.6 Å². The predicted molar refractivity (Wildman–Crippen MR) is 60.3 cm³/mol. The van der Waals surface area contributed by atoms with Crippen molar-refractivity contribution in [3.8, 4) is 0 Å². The van der Waals surface area contributed by atoms with Gasteiger partial charge in [-0.3, -0.25) is 4.90 Å². The first-order valence-corrected chi connectivity index (χ1v) is 5.80. The molecule has 4 heteroatoms. The Morgan fingerprint density at radius 2 is 2.07 bits per heavy atom. The topological polar surface area (TPSA) is 38.5 Å². The Balaban J connectivity index is 2.00. The van der Waals surface area contributed by atoms with Crippen LogP contribution in [-0.4, -0.2) is 41.2 Å². The van der Waals surface area contributed by atoms with Gasteiger partial charge in [-0.1, -0.05) is 19.1 Å². The van der Waals surface area contributed by atoms with Gasteiger partial charge in [-0.05, 0) is 19.3 Å². The molecule has 2 heterocycles. The normalized spacial score (nSPS) is 34.4. The van der Waals surface area contributed by atoms with Gasteiger partial charge in [0, 0.05) is 13.1 Å². The standard InChI is InChI=1S/C10H18N2OS/c1-2-9(10(11)14)12-5-7-3-4-8(6-12)13-7/h7-9H,2-6H2,1H3,(H2,11,14). The number of thiocarbonyl (C=S) groups is 1. The summed E-state index contributed by atoms with van der Waals surface area (Å²) in [6.45, 7) is 4.15. The summed E-state index contributed by atoms with van der Waals surface area (Å²) in [4.78, 5) is 3.03. The molecule has 2 aliphatic heterocycles. The molecular formula is C10H18N2OS. The number of hydrogen-bond acceptors (Lipinski definition) is 3. The molecule has 2 N–H and O–H groups in total. The minimum atomic E-state index is 0.275. The highest BCUT2D eigenvalue weighted by Crippen LogP contribution is 2.27. The molecule has 0 aromatic carbocycles. The highest BCUT2D eigenvalue weighted by atomic mass is 32.1. The molecule has 2 rings (SSSR count). The van der Waals surface area contributed by atoms with Crippen molar-refractivity contribution in [1.82, 2.24) is 4.90 Å². The summed E-state index contributed by atoms with van der Waals surface area (Å²) in [6, 6.07) is 0.275. The fourth-order valence-electron chi connectivity index (χ4n) is 2.54. The van der Waals surface area contributed by atoms with Gasteiger partial charge in [0.05, 0.1) is 23.2 Å². The fraction of sp³-hybridized carbons (Fsp3) is 0.900. The number of fused-ring (bicyclic) bond motifs is 2. The van der Waals surface area contributed by atoms with Gasteiger partial charge in [0.1, 0.15) is 0 Å². The predicted octanol–water partition coefficient (Wildman–Crippen LogP) is 0.914. The van der Waals surface area contributed by atoms with Gasteiger partial charge in [-0.2, -0.15) is 0 Å². The zero-order valence-corrected chi connectivity index (χ0v) is 9.43. The number of nitrogens with two attached hydrogens (primary N) is 1. The lowest BCUT2D eigenvalue weighted by Gasteiger charge is -2.37. The van der Waals surface area contributed by atoms with Gasteiger partial charge in [0.15, 0.2) is 0 Å². The minimum Gasteiger partial charge on any atom is -0.392 e. The molecule has 3 atom stereocenters. The van der Waals surface area contributed by atoms with E-state index in [0.717, 1.165) is 19.5 Å². The van der Waals surface area contributed by atoms with Crippen LogP contribution < -0.4 is 5.73 Å². The van der Waals surface area contributed by atoms with Crippen LogP contribution in [0, 0.1) is 0 Å². The third kappa shape index (κ3) is 1.92. The molecule has 80 valence electrons. The van der Waals surface area contributed by atoms with E-state index in [2.05, 4.69) is 11.8 Å². The van der Waals surface area contributed by atoms with Crippen LogP contribution >= 0.6 is 12.2 Å². The van der Waals surface area contributed by atoms with Crippen molar-refractivity contribution < 1.29 is 4.74 Å². The summed E-state index contributed by atoms with van der Waals surface area (Å²) in [7, 11) is 0. The van der Waals surface area contributed by atoms with Crippen LogP contribution in [0.3, 0.4) is 0 Å². The zero-order chi connectivity index (χ0) is 10.1. The smallest absolute Gasteiger partial charge is 0.0901 e. The number of likely N-dealkylation sites (tertiary alicyclic amines) is 1. The maximum Gasteiger partial charge on any atom is 0.0901 e. The second kappa shape index (κ2) is 4.13. The van der Waals surface area contributed by atoms with E-state index >= 15 is 0 Å². The van der Waals surface area contributed by atoms with E-state index in [9.17, 15) is 0 Å². The zero-order valence-electron chi connectivity index (χ0n) is 8.61. The fourth-order valence-corrected chi connectivity index (χ4v) is 2.86. The highest BCUT2D eigenvalue weighted by molar-refractivity contribution is 7.80. The van der Waals surface area contributed by atoms with Crippen LogP contribution in [-0.2, 0) is 4.74 Å². The first-order valence-electron chi connectivity index (χ1n) is 5.39. The monoisotopic (exact) mass is 214 g/mol. The SMILES string of the molecule is CCC(C(N)=S)N1CC2CCC(C1)O2. The number of ether oxygens (including phenoxy) is 1. The average molecular weight is 214 g/mol. The van der Waals surface area contributed by atoms with Gasteiger partial charge >= 0.3 is 0 Å². The van der Waals surface area contributed by atoms with Crippen molar-refractivity contribution in [2.24, 2.45) is 5.73 Å². The first-order chi connectivity index (χ1) is 6.70. The summed E-state index contributed by atoms with van der Waals surface area (Å²) in [5.74, 6) is 0. The maximum absolute atomic E-state index is 5.78. The number of rotatable bonds is 3. The molecule has 3 unspecified atom stereocenters. The quantitative estimate of drug-likeness (QED) is 0.709. The van der Waals surface area contributed by atoms with Gasteiger partial charge in [0.25, 0.3) is 0 Å². The van der Waals surface area contributed by atoms with Crippen molar-refractivity contribution in [2.45, 2.75) is 44.4 Å². The molecule has 2 fully saturated rings. The van der Waals surface area contributed by atoms with E-state index in [1.54, 1.807) is 0 Å². The lowest BCUT2D eigenvalue weighted by molar-refractivity contribution is -0.0446. The number of hydrogen-bond donors (Lipinski definition) is 1. The summed E-state index contributed by atoms with van der Waals surface area (Å²) >= 11 is 5.09. The second-order valence-corrected chi connectivity index (χ2v) is 4.71. The largest absolute Gasteiger partial charge is 0.392 e. The van der Waals surface area contributed by atoms with Gasteiger partial charge in [-0.25, -0.2) is 0 Å². The van der Waals surface area contributed by atoms with E-state index in [1.165, 1.54) is 12.8 Å². The van der Waals surface area contributed by atoms with Crippen LogP contribution in [0.2, 0.25) is 0 Å². The Morgan fingerprint density at radius 1 is 1.50 bits per heavy atom. The summed E-state index contributed by atoms with van der Waals surface area (Å²) in [5, 5.41) is 0. The molecule has 2 aliphatic rings. The third-order valence-corrected chi connectivity index (χ3v) is 3.50. The van der Waals surface area contributed by atoms with Crippen LogP contribution in [0.1, 0.15) is 26.2 Å². The first kappa shape index (κ1) is 10.3. The summed E-state index contributed by atoms with van der Waals surface area (Å²) in [6.07, 6.45) is 4.27. The van der Waals surface area contributed by atoms with E-state index in [1.807, 2.05) is 0 Å². The second-order valence-electron chi connectivity index (χ2n) is 4.24. The molecule has 0 aromatic rings. The molecule has 14 heavy (non-hydrogen) atoms. The van der Waals surface area contributed by atoms with Crippen LogP contribution in [0.4, 0.5) is 0 Å². The van der Waals surface area contributed by atoms with Gasteiger partial charge in [0.2, 0.25) is 0 Å². The Hall–Kier alpha value is -0.190. The molecule has 0 saturated carbocycles. The molecule has 2 bridgehead atoms. The molecule has 0 aromatic heterocycles. The van der Waals surface area contributed by atoms with Crippen molar-refractivity contribution >= 4 is 17.2 Å². The molecule has 0 radical (unpaired) electrons. The van der Waals surface area contributed by atoms with E-state index in [4.69, 9.17) is 22.7 Å². The van der Waals surface area contributed by atoms with Crippen molar-refractivity contribution in [2.75, 3.05) is 13.1 Å². The molecular weight excluding hydrogens is 196 g/mol. The van der Waals surface area contributed by atoms with Gasteiger partial charge in [-0.15, -0.1) is 0 Å². The van der Waals surface area contributed by atoms with Crippen LogP contribution in [0.25, 0.3) is 0 Å². The van der Waals surface area contributed by atoms with E-state index in [-0.39, 0.29) is 6.04 Å². The van der Waals surface area contributed by atoms with Crippen molar-refractivity contribution in [3.63, 3.8) is 0 Å².